The van der Waals surface area contributed by atoms with Crippen LogP contribution < -0.4 is 4.90 Å². The van der Waals surface area contributed by atoms with Crippen molar-refractivity contribution < 1.29 is 14.4 Å². The number of rotatable bonds is 2. The van der Waals surface area contributed by atoms with Gasteiger partial charge in [0.1, 0.15) is 12.3 Å². The molecule has 0 aliphatic carbocycles. The first-order valence-electron chi connectivity index (χ1n) is 7.31. The van der Waals surface area contributed by atoms with E-state index in [2.05, 4.69) is 0 Å². The second-order valence-electron chi connectivity index (χ2n) is 5.48. The van der Waals surface area contributed by atoms with E-state index in [0.717, 1.165) is 18.5 Å². The maximum absolute atomic E-state index is 12.4. The number of carbonyl (C=O) groups excluding carboxylic acids is 3. The smallest absolute Gasteiger partial charge is 0.242 e. The highest BCUT2D eigenvalue weighted by Gasteiger charge is 2.28. The molecule has 0 N–H and O–H groups in total. The molecule has 3 heterocycles. The maximum atomic E-state index is 12.4. The number of carbonyl (C=O) groups is 3. The number of amides is 2. The van der Waals surface area contributed by atoms with Crippen molar-refractivity contribution in [2.75, 3.05) is 24.5 Å². The third-order valence-electron chi connectivity index (χ3n) is 4.08. The van der Waals surface area contributed by atoms with Crippen LogP contribution in [0.3, 0.4) is 0 Å². The molecule has 0 aromatic carbocycles. The molecule has 0 atom stereocenters. The fourth-order valence-corrected chi connectivity index (χ4v) is 3.77. The number of anilines is 1. The Hall–Kier alpha value is -1.69. The molecule has 1 fully saturated rings. The molecule has 1 aromatic heterocycles. The van der Waals surface area contributed by atoms with Crippen LogP contribution in [0.5, 0.6) is 0 Å². The summed E-state index contributed by atoms with van der Waals surface area (Å²) in [6.45, 7) is 1.06. The third-order valence-corrected chi connectivity index (χ3v) is 5.05. The average molecular weight is 306 g/mol. The molecule has 0 radical (unpaired) electrons. The van der Waals surface area contributed by atoms with Crippen molar-refractivity contribution in [1.82, 2.24) is 4.90 Å². The SMILES string of the molecule is O=C1CCN(C(=O)CN2C(=O)CCCc3sccc32)CC1. The molecule has 0 saturated carbocycles. The molecule has 2 aliphatic heterocycles. The van der Waals surface area contributed by atoms with E-state index >= 15 is 0 Å². The largest absolute Gasteiger partial charge is 0.340 e. The summed E-state index contributed by atoms with van der Waals surface area (Å²) in [4.78, 5) is 40.4. The standard InChI is InChI=1S/C15H18N2O3S/c18-11-4-7-16(8-5-11)15(20)10-17-12-6-9-21-13(12)2-1-3-14(17)19/h6,9H,1-5,7-8,10H2. The summed E-state index contributed by atoms with van der Waals surface area (Å²) < 4.78 is 0. The molecule has 112 valence electrons. The zero-order chi connectivity index (χ0) is 14.8. The van der Waals surface area contributed by atoms with Gasteiger partial charge in [0.2, 0.25) is 11.8 Å². The van der Waals surface area contributed by atoms with Crippen molar-refractivity contribution in [3.63, 3.8) is 0 Å². The quantitative estimate of drug-likeness (QED) is 0.834. The van der Waals surface area contributed by atoms with E-state index in [1.54, 1.807) is 21.1 Å². The van der Waals surface area contributed by atoms with Crippen LogP contribution in [-0.4, -0.2) is 42.1 Å². The van der Waals surface area contributed by atoms with Crippen LogP contribution in [0.25, 0.3) is 0 Å². The Bertz CT molecular complexity index is 571. The van der Waals surface area contributed by atoms with Crippen molar-refractivity contribution in [3.8, 4) is 0 Å². The van der Waals surface area contributed by atoms with Crippen molar-refractivity contribution in [1.29, 1.82) is 0 Å². The Kier molecular flexibility index (Phi) is 4.05. The van der Waals surface area contributed by atoms with Crippen LogP contribution in [0.4, 0.5) is 5.69 Å². The minimum atomic E-state index is -0.0603. The molecule has 0 spiro atoms. The zero-order valence-electron chi connectivity index (χ0n) is 11.8. The van der Waals surface area contributed by atoms with E-state index in [4.69, 9.17) is 0 Å². The highest BCUT2D eigenvalue weighted by Crippen LogP contribution is 2.31. The normalized spacial score (nSPS) is 19.4. The molecule has 0 unspecified atom stereocenters. The second-order valence-corrected chi connectivity index (χ2v) is 6.48. The van der Waals surface area contributed by atoms with Gasteiger partial charge in [-0.05, 0) is 24.3 Å². The Morgan fingerprint density at radius 2 is 1.90 bits per heavy atom. The van der Waals surface area contributed by atoms with Gasteiger partial charge in [-0.3, -0.25) is 14.4 Å². The monoisotopic (exact) mass is 306 g/mol. The van der Waals surface area contributed by atoms with Gasteiger partial charge in [0.05, 0.1) is 5.69 Å². The number of thiophene rings is 1. The molecule has 5 nitrogen and oxygen atoms in total. The van der Waals surface area contributed by atoms with Crippen LogP contribution in [0.15, 0.2) is 11.4 Å². The van der Waals surface area contributed by atoms with Gasteiger partial charge in [0, 0.05) is 37.2 Å². The minimum Gasteiger partial charge on any atom is -0.340 e. The second kappa shape index (κ2) is 5.97. The fraction of sp³-hybridized carbons (Fsp3) is 0.533. The number of hydrogen-bond donors (Lipinski definition) is 0. The Morgan fingerprint density at radius 1 is 1.14 bits per heavy atom. The van der Waals surface area contributed by atoms with Crippen LogP contribution >= 0.6 is 11.3 Å². The molecule has 1 saturated heterocycles. The van der Waals surface area contributed by atoms with Crippen LogP contribution in [0.1, 0.15) is 30.6 Å². The number of fused-ring (bicyclic) bond motifs is 1. The number of Topliss-reactive ketones (excluding diaryl/α,β-unsaturated/α-hetero) is 1. The molecular weight excluding hydrogens is 288 g/mol. The topological polar surface area (TPSA) is 57.7 Å². The lowest BCUT2D eigenvalue weighted by Crippen LogP contribution is -2.45. The van der Waals surface area contributed by atoms with E-state index in [1.807, 2.05) is 11.4 Å². The van der Waals surface area contributed by atoms with E-state index in [9.17, 15) is 14.4 Å². The van der Waals surface area contributed by atoms with Gasteiger partial charge in [-0.2, -0.15) is 0 Å². The molecule has 0 bridgehead atoms. The summed E-state index contributed by atoms with van der Waals surface area (Å²) in [6, 6.07) is 1.93. The number of aryl methyl sites for hydroxylation is 1. The van der Waals surface area contributed by atoms with Gasteiger partial charge < -0.3 is 9.80 Å². The molecule has 21 heavy (non-hydrogen) atoms. The lowest BCUT2D eigenvalue weighted by atomic mass is 10.1. The van der Waals surface area contributed by atoms with Crippen LogP contribution in [0.2, 0.25) is 0 Å². The highest BCUT2D eigenvalue weighted by atomic mass is 32.1. The lowest BCUT2D eigenvalue weighted by molar-refractivity contribution is -0.134. The van der Waals surface area contributed by atoms with Crippen molar-refractivity contribution in [2.24, 2.45) is 0 Å². The number of piperidine rings is 1. The van der Waals surface area contributed by atoms with Crippen molar-refractivity contribution in [2.45, 2.75) is 32.1 Å². The first kappa shape index (κ1) is 14.3. The van der Waals surface area contributed by atoms with E-state index < -0.39 is 0 Å². The average Bonchev–Trinajstić information content (AvgIpc) is 2.88. The van der Waals surface area contributed by atoms with Gasteiger partial charge in [0.25, 0.3) is 0 Å². The van der Waals surface area contributed by atoms with Crippen molar-refractivity contribution >= 4 is 34.6 Å². The summed E-state index contributed by atoms with van der Waals surface area (Å²) in [5.41, 5.74) is 0.893. The number of hydrogen-bond acceptors (Lipinski definition) is 4. The number of nitrogens with zero attached hydrogens (tertiary/aromatic N) is 2. The maximum Gasteiger partial charge on any atom is 0.242 e. The van der Waals surface area contributed by atoms with E-state index in [-0.39, 0.29) is 24.1 Å². The summed E-state index contributed by atoms with van der Waals surface area (Å²) in [6.07, 6.45) is 3.11. The van der Waals surface area contributed by atoms with Gasteiger partial charge in [-0.15, -0.1) is 11.3 Å². The molecule has 6 heteroatoms. The summed E-state index contributed by atoms with van der Waals surface area (Å²) in [5, 5.41) is 1.97. The molecular formula is C15H18N2O3S. The Labute approximate surface area is 127 Å². The minimum absolute atomic E-state index is 0.0218. The first-order chi connectivity index (χ1) is 10.1. The Balaban J connectivity index is 1.72. The van der Waals surface area contributed by atoms with Gasteiger partial charge >= 0.3 is 0 Å². The molecule has 1 aromatic rings. The highest BCUT2D eigenvalue weighted by molar-refractivity contribution is 7.10. The number of ketones is 1. The fourth-order valence-electron chi connectivity index (χ4n) is 2.85. The van der Waals surface area contributed by atoms with Crippen LogP contribution in [0, 0.1) is 0 Å². The summed E-state index contributed by atoms with van der Waals surface area (Å²) in [5.74, 6) is 0.175. The van der Waals surface area contributed by atoms with E-state index in [1.165, 1.54) is 4.88 Å². The van der Waals surface area contributed by atoms with E-state index in [0.29, 0.717) is 32.4 Å². The predicted octanol–water partition coefficient (Wildman–Crippen LogP) is 1.61. The van der Waals surface area contributed by atoms with Crippen molar-refractivity contribution in [3.05, 3.63) is 16.3 Å². The molecule has 3 rings (SSSR count). The zero-order valence-corrected chi connectivity index (χ0v) is 12.7. The third kappa shape index (κ3) is 3.00. The van der Waals surface area contributed by atoms with Gasteiger partial charge in [0.15, 0.2) is 0 Å². The lowest BCUT2D eigenvalue weighted by Gasteiger charge is -2.29. The van der Waals surface area contributed by atoms with Crippen LogP contribution in [-0.2, 0) is 20.8 Å². The summed E-state index contributed by atoms with van der Waals surface area (Å²) in [7, 11) is 0. The Morgan fingerprint density at radius 3 is 2.67 bits per heavy atom. The molecule has 2 aliphatic rings. The predicted molar refractivity (Wildman–Crippen MR) is 80.4 cm³/mol. The number of likely N-dealkylation sites (tertiary alicyclic amines) is 1. The first-order valence-corrected chi connectivity index (χ1v) is 8.19. The molecule has 2 amide bonds. The summed E-state index contributed by atoms with van der Waals surface area (Å²) >= 11 is 1.64. The van der Waals surface area contributed by atoms with Gasteiger partial charge in [-0.1, -0.05) is 0 Å². The van der Waals surface area contributed by atoms with Gasteiger partial charge in [-0.25, -0.2) is 0 Å².